The van der Waals surface area contributed by atoms with E-state index in [1.54, 1.807) is 0 Å². The molecule has 0 rings (SSSR count). The van der Waals surface area contributed by atoms with Crippen LogP contribution in [0.5, 0.6) is 0 Å². The predicted molar refractivity (Wildman–Crippen MR) is 47.5 cm³/mol. The van der Waals surface area contributed by atoms with E-state index in [2.05, 4.69) is 16.8 Å². The van der Waals surface area contributed by atoms with Crippen molar-refractivity contribution in [3.8, 4) is 0 Å². The summed E-state index contributed by atoms with van der Waals surface area (Å²) in [6.45, 7) is -0.896. The molecule has 0 aliphatic heterocycles. The number of nitrogens with one attached hydrogen (secondary N) is 1. The lowest BCUT2D eigenvalue weighted by Gasteiger charge is -1.96. The van der Waals surface area contributed by atoms with Gasteiger partial charge in [-0.1, -0.05) is 0 Å². The highest BCUT2D eigenvalue weighted by molar-refractivity contribution is 5.84. The van der Waals surface area contributed by atoms with Gasteiger partial charge in [0.25, 0.3) is 0 Å². The maximum atomic E-state index is 10.1. The third kappa shape index (κ3) is 16.7. The molecule has 0 aliphatic rings. The second kappa shape index (κ2) is 9.42. The lowest BCUT2D eigenvalue weighted by atomic mass is 10.5. The molecule has 3 amide bonds. The maximum absolute atomic E-state index is 10.1. The van der Waals surface area contributed by atoms with Gasteiger partial charge in [0.1, 0.15) is 6.61 Å². The van der Waals surface area contributed by atoms with Crippen LogP contribution in [0.1, 0.15) is 0 Å². The Hall–Kier alpha value is -1.67. The zero-order chi connectivity index (χ0) is 11.6. The number of carbonyl (C=O) groups excluding carboxylic acids is 3. The fourth-order valence-electron chi connectivity index (χ4n) is 0.242. The number of aliphatic hydroxyl groups is 1. The fourth-order valence-corrected chi connectivity index (χ4v) is 0.242. The summed E-state index contributed by atoms with van der Waals surface area (Å²) in [7, 11) is 0. The smallest absolute Gasteiger partial charge is 0.246 e. The van der Waals surface area contributed by atoms with E-state index in [4.69, 9.17) is 10.8 Å². The zero-order valence-electron chi connectivity index (χ0n) is 7.53. The first-order valence-corrected chi connectivity index (χ1v) is 3.58. The molecular formula is C6H14N4O4. The highest BCUT2D eigenvalue weighted by atomic mass is 16.3. The van der Waals surface area contributed by atoms with Gasteiger partial charge in [0, 0.05) is 0 Å². The minimum absolute atomic E-state index is 0.0556. The van der Waals surface area contributed by atoms with Crippen molar-refractivity contribution in [2.75, 3.05) is 19.7 Å². The first-order chi connectivity index (χ1) is 6.43. The molecule has 82 valence electrons. The number of aliphatic hydroxyl groups excluding tert-OH is 1. The van der Waals surface area contributed by atoms with Gasteiger partial charge < -0.3 is 27.6 Å². The topological polar surface area (TPSA) is 162 Å². The van der Waals surface area contributed by atoms with Crippen LogP contribution < -0.4 is 22.5 Å². The Morgan fingerprint density at radius 3 is 1.79 bits per heavy atom. The molecule has 0 atom stereocenters. The Morgan fingerprint density at radius 2 is 1.57 bits per heavy atom. The summed E-state index contributed by atoms with van der Waals surface area (Å²) in [6.07, 6.45) is 0. The molecule has 0 unspecified atom stereocenters. The summed E-state index contributed by atoms with van der Waals surface area (Å²) >= 11 is 0. The van der Waals surface area contributed by atoms with Crippen LogP contribution in [0.25, 0.3) is 0 Å². The SMILES string of the molecule is NC(=O)CNC(=O)CO.NCC(N)=O. The summed E-state index contributed by atoms with van der Waals surface area (Å²) < 4.78 is 0. The normalized spacial score (nSPS) is 8.14. The quantitative estimate of drug-likeness (QED) is 0.316. The Balaban J connectivity index is 0. The molecule has 0 bridgehead atoms. The van der Waals surface area contributed by atoms with Crippen LogP contribution in [-0.2, 0) is 14.4 Å². The molecule has 0 aliphatic carbocycles. The molecule has 0 saturated heterocycles. The van der Waals surface area contributed by atoms with Crippen molar-refractivity contribution in [2.45, 2.75) is 0 Å². The molecule has 0 aromatic rings. The van der Waals surface area contributed by atoms with Crippen molar-refractivity contribution >= 4 is 17.7 Å². The van der Waals surface area contributed by atoms with E-state index in [-0.39, 0.29) is 13.1 Å². The van der Waals surface area contributed by atoms with E-state index in [9.17, 15) is 14.4 Å². The van der Waals surface area contributed by atoms with Crippen molar-refractivity contribution in [1.29, 1.82) is 0 Å². The van der Waals surface area contributed by atoms with Crippen molar-refractivity contribution < 1.29 is 19.5 Å². The number of nitrogens with two attached hydrogens (primary N) is 3. The van der Waals surface area contributed by atoms with Crippen molar-refractivity contribution in [1.82, 2.24) is 5.32 Å². The number of carbonyl (C=O) groups is 3. The van der Waals surface area contributed by atoms with E-state index >= 15 is 0 Å². The molecular weight excluding hydrogens is 192 g/mol. The van der Waals surface area contributed by atoms with E-state index < -0.39 is 24.3 Å². The van der Waals surface area contributed by atoms with Gasteiger partial charge in [-0.2, -0.15) is 0 Å². The highest BCUT2D eigenvalue weighted by Gasteiger charge is 1.97. The molecule has 0 heterocycles. The van der Waals surface area contributed by atoms with Gasteiger partial charge in [0.2, 0.25) is 17.7 Å². The molecule has 14 heavy (non-hydrogen) atoms. The van der Waals surface area contributed by atoms with Crippen LogP contribution in [0.4, 0.5) is 0 Å². The van der Waals surface area contributed by atoms with Crippen LogP contribution in [0.15, 0.2) is 0 Å². The molecule has 8 N–H and O–H groups in total. The summed E-state index contributed by atoms with van der Waals surface area (Å²) in [5, 5.41) is 10.2. The lowest BCUT2D eigenvalue weighted by molar-refractivity contribution is -0.126. The minimum atomic E-state index is -0.628. The highest BCUT2D eigenvalue weighted by Crippen LogP contribution is 1.60. The van der Waals surface area contributed by atoms with Gasteiger partial charge in [0.05, 0.1) is 13.1 Å². The molecule has 8 nitrogen and oxygen atoms in total. The van der Waals surface area contributed by atoms with Gasteiger partial charge in [-0.05, 0) is 0 Å². The average molecular weight is 206 g/mol. The molecule has 0 saturated carbocycles. The fraction of sp³-hybridized carbons (Fsp3) is 0.500. The number of hydrogen-bond acceptors (Lipinski definition) is 5. The van der Waals surface area contributed by atoms with E-state index in [0.717, 1.165) is 0 Å². The first kappa shape index (κ1) is 14.8. The standard InChI is InChI=1S/C4H8N2O3.C2H6N2O/c5-3(8)1-6-4(9)2-7;3-1-2(4)5/h7H,1-2H2,(H2,5,8)(H,6,9);1,3H2,(H2,4,5). The van der Waals surface area contributed by atoms with Gasteiger partial charge in [-0.3, -0.25) is 14.4 Å². The molecule has 0 spiro atoms. The number of amides is 3. The molecule has 0 aromatic carbocycles. The molecule has 8 heteroatoms. The van der Waals surface area contributed by atoms with Gasteiger partial charge in [-0.25, -0.2) is 0 Å². The van der Waals surface area contributed by atoms with Gasteiger partial charge in [-0.15, -0.1) is 0 Å². The third-order valence-electron chi connectivity index (χ3n) is 0.805. The Kier molecular flexibility index (Phi) is 9.98. The number of hydrogen-bond donors (Lipinski definition) is 5. The summed E-state index contributed by atoms with van der Waals surface area (Å²) in [5.74, 6) is -1.70. The molecule has 0 aromatic heterocycles. The van der Waals surface area contributed by atoms with Crippen LogP contribution >= 0.6 is 0 Å². The largest absolute Gasteiger partial charge is 0.387 e. The monoisotopic (exact) mass is 206 g/mol. The average Bonchev–Trinajstić information content (AvgIpc) is 2.14. The van der Waals surface area contributed by atoms with Crippen molar-refractivity contribution in [2.24, 2.45) is 17.2 Å². The van der Waals surface area contributed by atoms with Crippen LogP contribution in [-0.4, -0.2) is 42.5 Å². The van der Waals surface area contributed by atoms with Gasteiger partial charge in [0.15, 0.2) is 0 Å². The van der Waals surface area contributed by atoms with Crippen LogP contribution in [0.2, 0.25) is 0 Å². The Labute approximate surface area is 80.4 Å². The number of rotatable bonds is 4. The van der Waals surface area contributed by atoms with Gasteiger partial charge >= 0.3 is 0 Å². The molecule has 0 radical (unpaired) electrons. The lowest BCUT2D eigenvalue weighted by Crippen LogP contribution is -2.34. The minimum Gasteiger partial charge on any atom is -0.387 e. The van der Waals surface area contributed by atoms with E-state index in [1.807, 2.05) is 0 Å². The summed E-state index contributed by atoms with van der Waals surface area (Å²) in [5.41, 5.74) is 13.9. The van der Waals surface area contributed by atoms with E-state index in [1.165, 1.54) is 0 Å². The Bertz CT molecular complexity index is 206. The molecule has 0 fully saturated rings. The van der Waals surface area contributed by atoms with Crippen molar-refractivity contribution in [3.05, 3.63) is 0 Å². The van der Waals surface area contributed by atoms with Crippen molar-refractivity contribution in [3.63, 3.8) is 0 Å². The number of primary amides is 2. The second-order valence-corrected chi connectivity index (χ2v) is 2.07. The van der Waals surface area contributed by atoms with Crippen LogP contribution in [0.3, 0.4) is 0 Å². The zero-order valence-corrected chi connectivity index (χ0v) is 7.53. The summed E-state index contributed by atoms with van der Waals surface area (Å²) in [6, 6.07) is 0. The second-order valence-electron chi connectivity index (χ2n) is 2.07. The Morgan fingerprint density at radius 1 is 1.14 bits per heavy atom. The van der Waals surface area contributed by atoms with E-state index in [0.29, 0.717) is 0 Å². The predicted octanol–water partition coefficient (Wildman–Crippen LogP) is -3.99. The van der Waals surface area contributed by atoms with Crippen LogP contribution in [0, 0.1) is 0 Å². The maximum Gasteiger partial charge on any atom is 0.246 e. The third-order valence-corrected chi connectivity index (χ3v) is 0.805. The summed E-state index contributed by atoms with van der Waals surface area (Å²) in [4.78, 5) is 29.6. The first-order valence-electron chi connectivity index (χ1n) is 3.58.